The average molecular weight is 330 g/mol. The summed E-state index contributed by atoms with van der Waals surface area (Å²) >= 11 is 0. The first-order valence-electron chi connectivity index (χ1n) is 8.48. The van der Waals surface area contributed by atoms with Crippen molar-refractivity contribution in [2.24, 2.45) is 10.8 Å². The van der Waals surface area contributed by atoms with Crippen LogP contribution in [0.4, 0.5) is 0 Å². The van der Waals surface area contributed by atoms with Crippen LogP contribution < -0.4 is 0 Å². The van der Waals surface area contributed by atoms with Crippen molar-refractivity contribution in [2.45, 2.75) is 55.4 Å². The fourth-order valence-electron chi connectivity index (χ4n) is 5.14. The third-order valence-corrected chi connectivity index (χ3v) is 14.2. The molecule has 0 radical (unpaired) electrons. The number of allylic oxidation sites excluding steroid dienone is 8. The second-order valence-corrected chi connectivity index (χ2v) is 12.8. The molecule has 118 valence electrons. The molecule has 0 fully saturated rings. The molecule has 0 aromatic heterocycles. The molecule has 0 amide bonds. The minimum atomic E-state index is -0.0309. The van der Waals surface area contributed by atoms with Crippen LogP contribution in [0.2, 0.25) is 0 Å². The Morgan fingerprint density at radius 2 is 0.909 bits per heavy atom. The van der Waals surface area contributed by atoms with Crippen molar-refractivity contribution in [1.82, 2.24) is 0 Å². The van der Waals surface area contributed by atoms with Gasteiger partial charge in [-0.1, -0.05) is 36.1 Å². The zero-order valence-corrected chi connectivity index (χ0v) is 17.1. The monoisotopic (exact) mass is 330 g/mol. The van der Waals surface area contributed by atoms with Gasteiger partial charge >= 0.3 is 0 Å². The summed E-state index contributed by atoms with van der Waals surface area (Å²) in [5, 5.41) is 7.14. The van der Waals surface area contributed by atoms with Crippen molar-refractivity contribution in [2.75, 3.05) is 12.3 Å². The Hall–Kier alpha value is -0.180. The summed E-state index contributed by atoms with van der Waals surface area (Å²) < 4.78 is 0. The van der Waals surface area contributed by atoms with Gasteiger partial charge in [0.1, 0.15) is 0 Å². The second-order valence-electron chi connectivity index (χ2n) is 8.20. The Labute approximate surface area is 138 Å². The lowest BCUT2D eigenvalue weighted by Gasteiger charge is -2.32. The van der Waals surface area contributed by atoms with Crippen LogP contribution in [-0.2, 0) is 0 Å². The van der Waals surface area contributed by atoms with E-state index in [1.165, 1.54) is 12.3 Å². The smallest absolute Gasteiger partial charge is 0.0148 e. The summed E-state index contributed by atoms with van der Waals surface area (Å²) in [6, 6.07) is 0. The molecular weight excluding hydrogens is 302 g/mol. The Morgan fingerprint density at radius 3 is 1.18 bits per heavy atom. The van der Waals surface area contributed by atoms with Crippen molar-refractivity contribution < 1.29 is 0 Å². The molecule has 4 heterocycles. The lowest BCUT2D eigenvalue weighted by atomic mass is 9.76. The molecule has 0 spiro atoms. The van der Waals surface area contributed by atoms with E-state index in [4.69, 9.17) is 0 Å². The van der Waals surface area contributed by atoms with Gasteiger partial charge in [0, 0.05) is 10.8 Å². The molecule has 0 aromatic rings. The van der Waals surface area contributed by atoms with Crippen LogP contribution >= 0.6 is 15.8 Å². The van der Waals surface area contributed by atoms with Gasteiger partial charge in [0.15, 0.2) is 0 Å². The van der Waals surface area contributed by atoms with Gasteiger partial charge in [-0.05, 0) is 91.0 Å². The lowest BCUT2D eigenvalue weighted by molar-refractivity contribution is 0.557. The molecule has 0 N–H and O–H groups in total. The van der Waals surface area contributed by atoms with Gasteiger partial charge in [-0.2, -0.15) is 0 Å². The fourth-order valence-corrected chi connectivity index (χ4v) is 13.0. The Bertz CT molecular complexity index is 682. The molecule has 2 heteroatoms. The Kier molecular flexibility index (Phi) is 2.97. The minimum absolute atomic E-state index is 0.0309. The molecule has 0 saturated heterocycles. The largest absolute Gasteiger partial charge is 0.0592 e. The quantitative estimate of drug-likeness (QED) is 0.448. The second kappa shape index (κ2) is 4.26. The highest BCUT2D eigenvalue weighted by Crippen LogP contribution is 2.82. The molecule has 4 atom stereocenters. The van der Waals surface area contributed by atoms with E-state index in [1.807, 2.05) is 10.6 Å². The van der Waals surface area contributed by atoms with Gasteiger partial charge in [0.05, 0.1) is 0 Å². The topological polar surface area (TPSA) is 0 Å². The first-order chi connectivity index (χ1) is 10.1. The highest BCUT2D eigenvalue weighted by Gasteiger charge is 2.55. The minimum Gasteiger partial charge on any atom is -0.0592 e. The van der Waals surface area contributed by atoms with Gasteiger partial charge in [-0.15, -0.1) is 0 Å². The van der Waals surface area contributed by atoms with Crippen LogP contribution in [0, 0.1) is 10.8 Å². The van der Waals surface area contributed by atoms with Crippen molar-refractivity contribution in [3.8, 4) is 0 Å². The summed E-state index contributed by atoms with van der Waals surface area (Å²) in [6.45, 7) is 19.5. The number of hydrogen-bond acceptors (Lipinski definition) is 0. The van der Waals surface area contributed by atoms with Gasteiger partial charge in [0.25, 0.3) is 0 Å². The SMILES string of the molecule is CC1=C(C)[C@@]2(C)CP1C(C1=C(C)[C@]3(C)CP1C(C)=C3C)=C2C. The molecular formula is C20H28P2. The van der Waals surface area contributed by atoms with Crippen LogP contribution in [-0.4, -0.2) is 12.3 Å². The lowest BCUT2D eigenvalue weighted by Crippen LogP contribution is -2.19. The third kappa shape index (κ3) is 1.44. The van der Waals surface area contributed by atoms with Crippen molar-refractivity contribution in [1.29, 1.82) is 0 Å². The molecule has 4 aliphatic heterocycles. The zero-order valence-electron chi connectivity index (χ0n) is 15.3. The summed E-state index contributed by atoms with van der Waals surface area (Å²) in [5.74, 6) is 0. The highest BCUT2D eigenvalue weighted by molar-refractivity contribution is 7.73. The Balaban J connectivity index is 1.90. The third-order valence-electron chi connectivity index (χ3n) is 7.63. The van der Waals surface area contributed by atoms with Crippen molar-refractivity contribution in [3.63, 3.8) is 0 Å². The number of hydrogen-bond donors (Lipinski definition) is 0. The van der Waals surface area contributed by atoms with Crippen LogP contribution in [0.3, 0.4) is 0 Å². The van der Waals surface area contributed by atoms with E-state index in [0.29, 0.717) is 10.8 Å². The van der Waals surface area contributed by atoms with E-state index in [0.717, 1.165) is 0 Å². The average Bonchev–Trinajstić information content (AvgIpc) is 3.05. The first-order valence-corrected chi connectivity index (χ1v) is 11.5. The molecule has 22 heavy (non-hydrogen) atoms. The number of rotatable bonds is 1. The predicted octanol–water partition coefficient (Wildman–Crippen LogP) is 7.15. The van der Waals surface area contributed by atoms with Gasteiger partial charge in [-0.3, -0.25) is 0 Å². The number of fused-ring (bicyclic) bond motifs is 4. The zero-order chi connectivity index (χ0) is 16.2. The maximum absolute atomic E-state index is 2.50. The van der Waals surface area contributed by atoms with E-state index in [-0.39, 0.29) is 15.8 Å². The fraction of sp³-hybridized carbons (Fsp3) is 0.600. The first kappa shape index (κ1) is 15.4. The maximum Gasteiger partial charge on any atom is 0.0148 e. The Morgan fingerprint density at radius 1 is 0.591 bits per heavy atom. The van der Waals surface area contributed by atoms with E-state index >= 15 is 0 Å². The summed E-state index contributed by atoms with van der Waals surface area (Å²) in [4.78, 5) is 0. The molecule has 4 bridgehead atoms. The van der Waals surface area contributed by atoms with E-state index in [2.05, 4.69) is 55.4 Å². The predicted molar refractivity (Wildman–Crippen MR) is 102 cm³/mol. The van der Waals surface area contributed by atoms with Crippen LogP contribution in [0.25, 0.3) is 0 Å². The van der Waals surface area contributed by atoms with E-state index in [9.17, 15) is 0 Å². The molecule has 0 nitrogen and oxygen atoms in total. The maximum atomic E-state index is 2.50. The van der Waals surface area contributed by atoms with Crippen molar-refractivity contribution in [3.05, 3.63) is 43.5 Å². The molecule has 0 aliphatic carbocycles. The standard InChI is InChI=1S/C20H28P2/c1-11-15(5)21-9-19(11,7)13(3)17(21)18-14(4)20(8)10-22(18)16(6)12(20)2/h9-10H2,1-8H3/t19-,20-,21?,22?/m1/s1. The van der Waals surface area contributed by atoms with Crippen LogP contribution in [0.15, 0.2) is 43.5 Å². The van der Waals surface area contributed by atoms with Crippen LogP contribution in [0.1, 0.15) is 55.4 Å². The molecule has 0 saturated carbocycles. The van der Waals surface area contributed by atoms with Gasteiger partial charge < -0.3 is 0 Å². The molecule has 2 unspecified atom stereocenters. The van der Waals surface area contributed by atoms with Gasteiger partial charge in [-0.25, -0.2) is 0 Å². The normalized spacial score (nSPS) is 43.6. The molecule has 4 rings (SSSR count). The van der Waals surface area contributed by atoms with Crippen molar-refractivity contribution >= 4 is 15.8 Å². The van der Waals surface area contributed by atoms with Crippen LogP contribution in [0.5, 0.6) is 0 Å². The highest BCUT2D eigenvalue weighted by atomic mass is 31.1. The van der Waals surface area contributed by atoms with E-state index < -0.39 is 0 Å². The molecule has 0 aromatic carbocycles. The molecule has 4 aliphatic rings. The summed E-state index contributed by atoms with van der Waals surface area (Å²) in [6.07, 6.45) is 2.80. The summed E-state index contributed by atoms with van der Waals surface area (Å²) in [7, 11) is -0.0618. The summed E-state index contributed by atoms with van der Waals surface area (Å²) in [5.41, 5.74) is 7.57. The van der Waals surface area contributed by atoms with Gasteiger partial charge in [0.2, 0.25) is 0 Å². The van der Waals surface area contributed by atoms with E-state index in [1.54, 1.807) is 32.9 Å².